The molecule has 1 aliphatic heterocycles. The maximum Gasteiger partial charge on any atom is 0.0500 e. The summed E-state index contributed by atoms with van der Waals surface area (Å²) in [5.74, 6) is 0. The molecule has 0 saturated carbocycles. The summed E-state index contributed by atoms with van der Waals surface area (Å²) in [7, 11) is 1.97. The van der Waals surface area contributed by atoms with Crippen LogP contribution in [0.2, 0.25) is 0 Å². The van der Waals surface area contributed by atoms with Gasteiger partial charge in [-0.1, -0.05) is 0 Å². The van der Waals surface area contributed by atoms with Crippen LogP contribution in [0, 0.1) is 5.41 Å². The molecule has 2 N–H and O–H groups in total. The average molecular weight is 209 g/mol. The first-order chi connectivity index (χ1) is 7.26. The molecule has 15 heavy (non-hydrogen) atoms. The van der Waals surface area contributed by atoms with Crippen molar-refractivity contribution < 1.29 is 5.11 Å². The van der Waals surface area contributed by atoms with E-state index in [1.165, 1.54) is 5.69 Å². The van der Waals surface area contributed by atoms with Crippen molar-refractivity contribution in [3.05, 3.63) is 18.0 Å². The van der Waals surface area contributed by atoms with Crippen LogP contribution < -0.4 is 5.32 Å². The monoisotopic (exact) mass is 209 g/mol. The molecule has 0 radical (unpaired) electrons. The fourth-order valence-corrected chi connectivity index (χ4v) is 2.26. The summed E-state index contributed by atoms with van der Waals surface area (Å²) < 4.78 is 1.91. The van der Waals surface area contributed by atoms with E-state index >= 15 is 0 Å². The third-order valence-corrected chi connectivity index (χ3v) is 3.50. The first-order valence-corrected chi connectivity index (χ1v) is 5.54. The van der Waals surface area contributed by atoms with Crippen molar-refractivity contribution in [3.63, 3.8) is 0 Å². The molecule has 4 nitrogen and oxygen atoms in total. The van der Waals surface area contributed by atoms with Gasteiger partial charge >= 0.3 is 0 Å². The second kappa shape index (κ2) is 4.33. The van der Waals surface area contributed by atoms with Gasteiger partial charge in [-0.3, -0.25) is 4.68 Å². The predicted molar refractivity (Wildman–Crippen MR) is 58.5 cm³/mol. The van der Waals surface area contributed by atoms with Gasteiger partial charge in [-0.05, 0) is 31.9 Å². The number of rotatable bonds is 4. The number of aromatic nitrogens is 2. The minimum Gasteiger partial charge on any atom is -0.396 e. The number of hydrogen-bond donors (Lipinski definition) is 2. The lowest BCUT2D eigenvalue weighted by Crippen LogP contribution is -2.29. The molecular formula is C11H19N3O. The maximum absolute atomic E-state index is 9.45. The molecule has 1 fully saturated rings. The van der Waals surface area contributed by atoms with E-state index in [1.807, 2.05) is 24.0 Å². The number of aryl methyl sites for hydroxylation is 2. The third-order valence-electron chi connectivity index (χ3n) is 3.50. The minimum absolute atomic E-state index is 0.101. The van der Waals surface area contributed by atoms with Crippen molar-refractivity contribution in [1.82, 2.24) is 15.1 Å². The Hall–Kier alpha value is -0.870. The Balaban J connectivity index is 1.94. The molecule has 1 saturated heterocycles. The maximum atomic E-state index is 9.45. The molecule has 0 amide bonds. The van der Waals surface area contributed by atoms with Crippen LogP contribution in [0.25, 0.3) is 0 Å². The highest BCUT2D eigenvalue weighted by Gasteiger charge is 2.32. The summed E-state index contributed by atoms with van der Waals surface area (Å²) in [6.07, 6.45) is 4.95. The standard InChI is InChI=1S/C11H19N3O/c1-14-10(3-6-13-14)2-4-11(9-15)5-7-12-8-11/h3,6,12,15H,2,4-5,7-9H2,1H3. The van der Waals surface area contributed by atoms with Crippen LogP contribution in [0.4, 0.5) is 0 Å². The lowest BCUT2D eigenvalue weighted by molar-refractivity contribution is 0.133. The molecule has 0 aromatic carbocycles. The summed E-state index contributed by atoms with van der Waals surface area (Å²) in [4.78, 5) is 0. The average Bonchev–Trinajstić information content (AvgIpc) is 2.85. The molecule has 2 rings (SSSR count). The highest BCUT2D eigenvalue weighted by molar-refractivity contribution is 5.02. The van der Waals surface area contributed by atoms with E-state index in [-0.39, 0.29) is 12.0 Å². The number of hydrogen-bond acceptors (Lipinski definition) is 3. The van der Waals surface area contributed by atoms with Gasteiger partial charge < -0.3 is 10.4 Å². The summed E-state index contributed by atoms with van der Waals surface area (Å²) in [5.41, 5.74) is 1.35. The van der Waals surface area contributed by atoms with E-state index in [9.17, 15) is 5.11 Å². The Morgan fingerprint density at radius 1 is 1.67 bits per heavy atom. The number of nitrogens with zero attached hydrogens (tertiary/aromatic N) is 2. The zero-order valence-corrected chi connectivity index (χ0v) is 9.24. The predicted octanol–water partition coefficient (Wildman–Crippen LogP) is 0.325. The number of nitrogens with one attached hydrogen (secondary N) is 1. The van der Waals surface area contributed by atoms with Crippen LogP contribution in [-0.4, -0.2) is 34.6 Å². The van der Waals surface area contributed by atoms with Crippen LogP contribution >= 0.6 is 0 Å². The van der Waals surface area contributed by atoms with E-state index in [0.717, 1.165) is 32.4 Å². The zero-order chi connectivity index (χ0) is 10.7. The van der Waals surface area contributed by atoms with Gasteiger partial charge in [-0.25, -0.2) is 0 Å². The van der Waals surface area contributed by atoms with Gasteiger partial charge in [0.15, 0.2) is 0 Å². The molecule has 1 aromatic heterocycles. The highest BCUT2D eigenvalue weighted by atomic mass is 16.3. The summed E-state index contributed by atoms with van der Waals surface area (Å²) in [6, 6.07) is 2.05. The van der Waals surface area contributed by atoms with Crippen LogP contribution in [0.3, 0.4) is 0 Å². The first kappa shape index (κ1) is 10.6. The first-order valence-electron chi connectivity index (χ1n) is 5.54. The molecule has 1 aromatic rings. The van der Waals surface area contributed by atoms with Gasteiger partial charge in [-0.2, -0.15) is 5.10 Å². The largest absolute Gasteiger partial charge is 0.396 e. The van der Waals surface area contributed by atoms with Crippen molar-refractivity contribution in [2.24, 2.45) is 12.5 Å². The molecule has 2 heterocycles. The lowest BCUT2D eigenvalue weighted by Gasteiger charge is -2.25. The van der Waals surface area contributed by atoms with Gasteiger partial charge in [0.05, 0.1) is 0 Å². The van der Waals surface area contributed by atoms with Crippen molar-refractivity contribution in [2.75, 3.05) is 19.7 Å². The van der Waals surface area contributed by atoms with Gasteiger partial charge in [-0.15, -0.1) is 0 Å². The Labute approximate surface area is 90.3 Å². The number of aliphatic hydroxyl groups is 1. The Morgan fingerprint density at radius 3 is 3.07 bits per heavy atom. The molecule has 84 valence electrons. The SMILES string of the molecule is Cn1nccc1CCC1(CO)CCNC1. The van der Waals surface area contributed by atoms with E-state index in [2.05, 4.69) is 10.4 Å². The molecule has 1 unspecified atom stereocenters. The second-order valence-corrected chi connectivity index (χ2v) is 4.53. The van der Waals surface area contributed by atoms with Crippen LogP contribution in [0.5, 0.6) is 0 Å². The Kier molecular flexibility index (Phi) is 3.07. The van der Waals surface area contributed by atoms with E-state index in [4.69, 9.17) is 0 Å². The van der Waals surface area contributed by atoms with Crippen molar-refractivity contribution in [3.8, 4) is 0 Å². The van der Waals surface area contributed by atoms with Crippen LogP contribution in [0.15, 0.2) is 12.3 Å². The van der Waals surface area contributed by atoms with Crippen LogP contribution in [0.1, 0.15) is 18.5 Å². The second-order valence-electron chi connectivity index (χ2n) is 4.53. The van der Waals surface area contributed by atoms with E-state index in [1.54, 1.807) is 0 Å². The molecule has 1 aliphatic rings. The van der Waals surface area contributed by atoms with Crippen molar-refractivity contribution in [1.29, 1.82) is 0 Å². The van der Waals surface area contributed by atoms with Gasteiger partial charge in [0, 0.05) is 37.5 Å². The lowest BCUT2D eigenvalue weighted by atomic mass is 9.83. The zero-order valence-electron chi connectivity index (χ0n) is 9.24. The quantitative estimate of drug-likeness (QED) is 0.751. The molecule has 4 heteroatoms. The number of aliphatic hydroxyl groups excluding tert-OH is 1. The smallest absolute Gasteiger partial charge is 0.0500 e. The van der Waals surface area contributed by atoms with E-state index in [0.29, 0.717) is 0 Å². The fourth-order valence-electron chi connectivity index (χ4n) is 2.26. The van der Waals surface area contributed by atoms with E-state index < -0.39 is 0 Å². The molecule has 0 aliphatic carbocycles. The van der Waals surface area contributed by atoms with Crippen molar-refractivity contribution >= 4 is 0 Å². The molecule has 0 bridgehead atoms. The summed E-state index contributed by atoms with van der Waals surface area (Å²) in [5, 5.41) is 16.9. The van der Waals surface area contributed by atoms with Gasteiger partial charge in [0.2, 0.25) is 0 Å². The summed E-state index contributed by atoms with van der Waals surface area (Å²) >= 11 is 0. The highest BCUT2D eigenvalue weighted by Crippen LogP contribution is 2.30. The topological polar surface area (TPSA) is 50.1 Å². The minimum atomic E-state index is 0.101. The molecule has 1 atom stereocenters. The Bertz CT molecular complexity index is 315. The van der Waals surface area contributed by atoms with Crippen LogP contribution in [-0.2, 0) is 13.5 Å². The normalized spacial score (nSPS) is 26.0. The Morgan fingerprint density at radius 2 is 2.53 bits per heavy atom. The third kappa shape index (κ3) is 2.21. The van der Waals surface area contributed by atoms with Gasteiger partial charge in [0.25, 0.3) is 0 Å². The molecule has 0 spiro atoms. The van der Waals surface area contributed by atoms with Gasteiger partial charge in [0.1, 0.15) is 0 Å². The van der Waals surface area contributed by atoms with Crippen molar-refractivity contribution in [2.45, 2.75) is 19.3 Å². The fraction of sp³-hybridized carbons (Fsp3) is 0.727. The summed E-state index contributed by atoms with van der Waals surface area (Å²) in [6.45, 7) is 2.27. The molecular weight excluding hydrogens is 190 g/mol.